The Labute approximate surface area is 223 Å². The van der Waals surface area contributed by atoms with Crippen LogP contribution < -0.4 is 14.4 Å². The van der Waals surface area contributed by atoms with E-state index >= 15 is 0 Å². The van der Waals surface area contributed by atoms with E-state index in [-0.39, 0.29) is 18.5 Å². The third-order valence-electron chi connectivity index (χ3n) is 5.64. The van der Waals surface area contributed by atoms with Gasteiger partial charge in [-0.05, 0) is 69.2 Å². The summed E-state index contributed by atoms with van der Waals surface area (Å²) in [5.41, 5.74) is 0.875. The van der Waals surface area contributed by atoms with E-state index in [1.165, 1.54) is 4.90 Å². The summed E-state index contributed by atoms with van der Waals surface area (Å²) in [4.78, 5) is 27.8. The lowest BCUT2D eigenvalue weighted by molar-refractivity contribution is -0.139. The molecule has 0 heterocycles. The molecule has 11 heteroatoms. The molecule has 0 radical (unpaired) electrons. The third-order valence-corrected chi connectivity index (χ3v) is 7.37. The van der Waals surface area contributed by atoms with Crippen LogP contribution in [0.1, 0.15) is 39.7 Å². The molecule has 0 aromatic heterocycles. The molecule has 0 fully saturated rings. The van der Waals surface area contributed by atoms with Gasteiger partial charge in [-0.1, -0.05) is 36.2 Å². The Hall–Kier alpha value is -2.49. The van der Waals surface area contributed by atoms with Crippen LogP contribution in [0.15, 0.2) is 42.5 Å². The summed E-state index contributed by atoms with van der Waals surface area (Å²) in [6.45, 7) is 7.20. The topological polar surface area (TPSA) is 96.0 Å². The lowest BCUT2D eigenvalue weighted by Crippen LogP contribution is -2.52. The molecule has 0 spiro atoms. The van der Waals surface area contributed by atoms with Crippen molar-refractivity contribution < 1.29 is 22.7 Å². The first-order valence-corrected chi connectivity index (χ1v) is 14.2. The van der Waals surface area contributed by atoms with Crippen molar-refractivity contribution in [2.24, 2.45) is 0 Å². The van der Waals surface area contributed by atoms with E-state index in [4.69, 9.17) is 27.9 Å². The number of amides is 2. The van der Waals surface area contributed by atoms with E-state index in [0.717, 1.165) is 17.0 Å². The lowest BCUT2D eigenvalue weighted by atomic mass is 10.1. The van der Waals surface area contributed by atoms with Crippen molar-refractivity contribution in [1.82, 2.24) is 10.2 Å². The number of sulfonamides is 1. The maximum atomic E-state index is 13.6. The van der Waals surface area contributed by atoms with Gasteiger partial charge < -0.3 is 15.0 Å². The highest BCUT2D eigenvalue weighted by Gasteiger charge is 2.30. The Morgan fingerprint density at radius 2 is 1.69 bits per heavy atom. The van der Waals surface area contributed by atoms with Crippen LogP contribution in [0.2, 0.25) is 10.0 Å². The van der Waals surface area contributed by atoms with E-state index in [1.54, 1.807) is 49.4 Å². The van der Waals surface area contributed by atoms with Crippen LogP contribution >= 0.6 is 23.2 Å². The van der Waals surface area contributed by atoms with Gasteiger partial charge in [0.15, 0.2) is 0 Å². The Morgan fingerprint density at radius 1 is 1.06 bits per heavy atom. The molecule has 2 atom stereocenters. The zero-order chi connectivity index (χ0) is 27.0. The van der Waals surface area contributed by atoms with Gasteiger partial charge in [-0.2, -0.15) is 0 Å². The van der Waals surface area contributed by atoms with Crippen LogP contribution in [-0.4, -0.2) is 56.6 Å². The Morgan fingerprint density at radius 3 is 2.22 bits per heavy atom. The molecular formula is C25H33Cl2N3O5S. The predicted octanol–water partition coefficient (Wildman–Crippen LogP) is 4.49. The number of rotatable bonds is 12. The predicted molar refractivity (Wildman–Crippen MR) is 144 cm³/mol. The molecule has 2 rings (SSSR count). The normalized spacial score (nSPS) is 13.0. The minimum absolute atomic E-state index is 0.00912. The van der Waals surface area contributed by atoms with Gasteiger partial charge in [-0.25, -0.2) is 8.42 Å². The highest BCUT2D eigenvalue weighted by molar-refractivity contribution is 7.92. The molecule has 0 unspecified atom stereocenters. The van der Waals surface area contributed by atoms with E-state index in [0.29, 0.717) is 33.7 Å². The standard InChI is InChI=1S/C25H33Cl2N3O5S/c1-6-17(3)28-25(32)18(4)29(15-19-8-9-20(26)14-23(19)27)24(31)16-30(36(5,33)34)21-10-12-22(13-11-21)35-7-2/h8-14,17-18H,6-7,15-16H2,1-5H3,(H,28,32)/t17-,18-/m0/s1. The Bertz CT molecular complexity index is 1160. The maximum absolute atomic E-state index is 13.6. The minimum Gasteiger partial charge on any atom is -0.494 e. The number of nitrogens with zero attached hydrogens (tertiary/aromatic N) is 2. The summed E-state index contributed by atoms with van der Waals surface area (Å²) in [6, 6.07) is 10.3. The fraction of sp³-hybridized carbons (Fsp3) is 0.440. The molecule has 0 saturated heterocycles. The number of ether oxygens (including phenoxy) is 1. The van der Waals surface area contributed by atoms with Crippen molar-refractivity contribution in [1.29, 1.82) is 0 Å². The van der Waals surface area contributed by atoms with Crippen molar-refractivity contribution in [3.05, 3.63) is 58.1 Å². The van der Waals surface area contributed by atoms with Gasteiger partial charge in [0.25, 0.3) is 0 Å². The van der Waals surface area contributed by atoms with Gasteiger partial charge in [-0.15, -0.1) is 0 Å². The summed E-state index contributed by atoms with van der Waals surface area (Å²) in [5.74, 6) is -0.336. The summed E-state index contributed by atoms with van der Waals surface area (Å²) in [5, 5.41) is 3.64. The number of anilines is 1. The summed E-state index contributed by atoms with van der Waals surface area (Å²) >= 11 is 12.4. The van der Waals surface area contributed by atoms with Gasteiger partial charge in [0.05, 0.1) is 18.6 Å². The largest absolute Gasteiger partial charge is 0.494 e. The van der Waals surface area contributed by atoms with Crippen molar-refractivity contribution in [3.8, 4) is 5.75 Å². The second-order valence-electron chi connectivity index (χ2n) is 8.45. The first kappa shape index (κ1) is 29.7. The van der Waals surface area contributed by atoms with Crippen LogP contribution in [0.25, 0.3) is 0 Å². The average Bonchev–Trinajstić information content (AvgIpc) is 2.81. The van der Waals surface area contributed by atoms with Crippen LogP contribution in [0.5, 0.6) is 5.75 Å². The number of nitrogens with one attached hydrogen (secondary N) is 1. The maximum Gasteiger partial charge on any atom is 0.244 e. The second kappa shape index (κ2) is 13.2. The molecule has 2 amide bonds. The fourth-order valence-corrected chi connectivity index (χ4v) is 4.69. The van der Waals surface area contributed by atoms with Gasteiger partial charge in [0.2, 0.25) is 21.8 Å². The second-order valence-corrected chi connectivity index (χ2v) is 11.2. The SMILES string of the molecule is CCOc1ccc(N(CC(=O)N(Cc2ccc(Cl)cc2Cl)[C@@H](C)C(=O)N[C@@H](C)CC)S(C)(=O)=O)cc1. The number of halogens is 2. The smallest absolute Gasteiger partial charge is 0.244 e. The Balaban J connectivity index is 2.40. The van der Waals surface area contributed by atoms with Crippen LogP contribution in [0, 0.1) is 0 Å². The van der Waals surface area contributed by atoms with Crippen LogP contribution in [-0.2, 0) is 26.2 Å². The molecule has 0 bridgehead atoms. The number of hydrogen-bond acceptors (Lipinski definition) is 5. The molecule has 198 valence electrons. The van der Waals surface area contributed by atoms with Crippen molar-refractivity contribution in [3.63, 3.8) is 0 Å². The van der Waals surface area contributed by atoms with Crippen molar-refractivity contribution >= 4 is 50.7 Å². The summed E-state index contributed by atoms with van der Waals surface area (Å²) in [6.07, 6.45) is 1.74. The monoisotopic (exact) mass is 557 g/mol. The van der Waals surface area contributed by atoms with E-state index in [1.807, 2.05) is 20.8 Å². The quantitative estimate of drug-likeness (QED) is 0.414. The van der Waals surface area contributed by atoms with E-state index < -0.39 is 28.5 Å². The van der Waals surface area contributed by atoms with Crippen molar-refractivity contribution in [2.45, 2.75) is 52.7 Å². The van der Waals surface area contributed by atoms with Gasteiger partial charge in [0, 0.05) is 22.6 Å². The van der Waals surface area contributed by atoms with Crippen molar-refractivity contribution in [2.75, 3.05) is 23.7 Å². The minimum atomic E-state index is -3.83. The lowest BCUT2D eigenvalue weighted by Gasteiger charge is -2.32. The van der Waals surface area contributed by atoms with E-state index in [2.05, 4.69) is 5.32 Å². The number of carbonyl (C=O) groups excluding carboxylic acids is 2. The first-order chi connectivity index (χ1) is 16.9. The number of carbonyl (C=O) groups is 2. The highest BCUT2D eigenvalue weighted by atomic mass is 35.5. The molecule has 36 heavy (non-hydrogen) atoms. The zero-order valence-electron chi connectivity index (χ0n) is 21.1. The number of benzene rings is 2. The molecular weight excluding hydrogens is 525 g/mol. The Kier molecular flexibility index (Phi) is 10.9. The fourth-order valence-electron chi connectivity index (χ4n) is 3.37. The van der Waals surface area contributed by atoms with Gasteiger partial charge in [0.1, 0.15) is 18.3 Å². The summed E-state index contributed by atoms with van der Waals surface area (Å²) < 4.78 is 31.7. The zero-order valence-corrected chi connectivity index (χ0v) is 23.5. The molecule has 2 aromatic rings. The first-order valence-electron chi connectivity index (χ1n) is 11.6. The molecule has 1 N–H and O–H groups in total. The summed E-state index contributed by atoms with van der Waals surface area (Å²) in [7, 11) is -3.83. The molecule has 2 aromatic carbocycles. The molecule has 0 aliphatic carbocycles. The number of hydrogen-bond donors (Lipinski definition) is 1. The van der Waals surface area contributed by atoms with Gasteiger partial charge in [-0.3, -0.25) is 13.9 Å². The molecule has 0 aliphatic heterocycles. The van der Waals surface area contributed by atoms with Crippen LogP contribution in [0.3, 0.4) is 0 Å². The van der Waals surface area contributed by atoms with E-state index in [9.17, 15) is 18.0 Å². The molecule has 0 saturated carbocycles. The molecule has 0 aliphatic rings. The van der Waals surface area contributed by atoms with Crippen LogP contribution in [0.4, 0.5) is 5.69 Å². The molecule has 8 nitrogen and oxygen atoms in total. The third kappa shape index (κ3) is 8.28. The average molecular weight is 559 g/mol. The van der Waals surface area contributed by atoms with Gasteiger partial charge >= 0.3 is 0 Å². The highest BCUT2D eigenvalue weighted by Crippen LogP contribution is 2.25.